The number of hydrogen-bond donors (Lipinski definition) is 2. The van der Waals surface area contributed by atoms with E-state index in [2.05, 4.69) is 10.6 Å². The molecule has 0 aliphatic rings. The highest BCUT2D eigenvalue weighted by molar-refractivity contribution is 5.99. The van der Waals surface area contributed by atoms with Gasteiger partial charge in [0.25, 0.3) is 5.91 Å². The van der Waals surface area contributed by atoms with Crippen LogP contribution >= 0.6 is 0 Å². The van der Waals surface area contributed by atoms with E-state index in [9.17, 15) is 9.59 Å². The Kier molecular flexibility index (Phi) is 4.89. The third-order valence-corrected chi connectivity index (χ3v) is 3.02. The average molecular weight is 293 g/mol. The fourth-order valence-electron chi connectivity index (χ4n) is 1.80. The van der Waals surface area contributed by atoms with E-state index in [0.717, 1.165) is 5.56 Å². The van der Waals surface area contributed by atoms with Crippen LogP contribution in [0.25, 0.3) is 0 Å². The third-order valence-electron chi connectivity index (χ3n) is 3.02. The first-order valence-corrected chi connectivity index (χ1v) is 6.73. The molecule has 2 rings (SSSR count). The molecular weight excluding hydrogens is 278 g/mol. The number of hydrogen-bond acceptors (Lipinski definition) is 3. The van der Waals surface area contributed by atoms with Gasteiger partial charge in [-0.25, -0.2) is 0 Å². The summed E-state index contributed by atoms with van der Waals surface area (Å²) < 4.78 is 0. The number of amides is 2. The molecule has 0 bridgehead atoms. The van der Waals surface area contributed by atoms with Crippen LogP contribution in [0, 0.1) is 18.3 Å². The summed E-state index contributed by atoms with van der Waals surface area (Å²) in [4.78, 5) is 23.6. The van der Waals surface area contributed by atoms with Gasteiger partial charge in [-0.05, 0) is 43.3 Å². The van der Waals surface area contributed by atoms with Gasteiger partial charge in [-0.15, -0.1) is 0 Å². The Labute approximate surface area is 128 Å². The van der Waals surface area contributed by atoms with E-state index in [0.29, 0.717) is 16.8 Å². The number of nitriles is 1. The molecule has 0 radical (unpaired) electrons. The molecule has 0 saturated carbocycles. The summed E-state index contributed by atoms with van der Waals surface area (Å²) in [5.41, 5.74) is 2.67. The van der Waals surface area contributed by atoms with Crippen LogP contribution in [0.5, 0.6) is 0 Å². The van der Waals surface area contributed by atoms with Crippen molar-refractivity contribution in [2.45, 2.75) is 6.92 Å². The lowest BCUT2D eigenvalue weighted by Gasteiger charge is -2.07. The second-order valence-electron chi connectivity index (χ2n) is 4.79. The summed E-state index contributed by atoms with van der Waals surface area (Å²) in [6, 6.07) is 15.6. The Balaban J connectivity index is 1.85. The number of carbonyl (C=O) groups is 2. The zero-order valence-electron chi connectivity index (χ0n) is 12.1. The predicted octanol–water partition coefficient (Wildman–Crippen LogP) is 2.24. The molecule has 0 aliphatic carbocycles. The van der Waals surface area contributed by atoms with Crippen LogP contribution in [0.3, 0.4) is 0 Å². The molecule has 0 aromatic heterocycles. The molecule has 0 fully saturated rings. The normalized spacial score (nSPS) is 9.64. The quantitative estimate of drug-likeness (QED) is 0.907. The van der Waals surface area contributed by atoms with Crippen molar-refractivity contribution in [1.29, 1.82) is 5.26 Å². The van der Waals surface area contributed by atoms with Crippen molar-refractivity contribution in [3.63, 3.8) is 0 Å². The van der Waals surface area contributed by atoms with Crippen LogP contribution in [-0.2, 0) is 4.79 Å². The molecular formula is C17H15N3O2. The second-order valence-corrected chi connectivity index (χ2v) is 4.79. The third kappa shape index (κ3) is 4.18. The molecule has 5 nitrogen and oxygen atoms in total. The van der Waals surface area contributed by atoms with Crippen molar-refractivity contribution in [3.8, 4) is 6.07 Å². The maximum atomic E-state index is 11.9. The number of rotatable bonds is 4. The molecule has 2 N–H and O–H groups in total. The highest BCUT2D eigenvalue weighted by Crippen LogP contribution is 2.08. The van der Waals surface area contributed by atoms with Gasteiger partial charge in [-0.2, -0.15) is 5.26 Å². The lowest BCUT2D eigenvalue weighted by Crippen LogP contribution is -2.32. The minimum Gasteiger partial charge on any atom is -0.343 e. The van der Waals surface area contributed by atoms with E-state index < -0.39 is 0 Å². The topological polar surface area (TPSA) is 82.0 Å². The number of carbonyl (C=O) groups excluding carboxylic acids is 2. The summed E-state index contributed by atoms with van der Waals surface area (Å²) in [5, 5.41) is 13.9. The molecule has 0 heterocycles. The Hall–Kier alpha value is -3.13. The molecule has 2 amide bonds. The van der Waals surface area contributed by atoms with Crippen molar-refractivity contribution >= 4 is 17.5 Å². The molecule has 22 heavy (non-hydrogen) atoms. The van der Waals surface area contributed by atoms with Crippen molar-refractivity contribution in [1.82, 2.24) is 5.32 Å². The Morgan fingerprint density at radius 3 is 2.27 bits per heavy atom. The average Bonchev–Trinajstić information content (AvgIpc) is 2.54. The molecule has 2 aromatic rings. The van der Waals surface area contributed by atoms with Crippen LogP contribution in [0.4, 0.5) is 5.69 Å². The van der Waals surface area contributed by atoms with E-state index in [1.54, 1.807) is 36.4 Å². The minimum absolute atomic E-state index is 0.118. The minimum atomic E-state index is -0.329. The van der Waals surface area contributed by atoms with Gasteiger partial charge in [0.2, 0.25) is 5.91 Å². The van der Waals surface area contributed by atoms with Crippen LogP contribution in [0.15, 0.2) is 48.5 Å². The van der Waals surface area contributed by atoms with Gasteiger partial charge in [-0.3, -0.25) is 9.59 Å². The number of nitrogens with zero attached hydrogens (tertiary/aromatic N) is 1. The van der Waals surface area contributed by atoms with Crippen molar-refractivity contribution < 1.29 is 9.59 Å². The van der Waals surface area contributed by atoms with Crippen LogP contribution < -0.4 is 10.6 Å². The smallest absolute Gasteiger partial charge is 0.251 e. The first kappa shape index (κ1) is 15.3. The van der Waals surface area contributed by atoms with Crippen LogP contribution in [0.1, 0.15) is 21.5 Å². The van der Waals surface area contributed by atoms with Crippen molar-refractivity contribution in [3.05, 3.63) is 65.2 Å². The van der Waals surface area contributed by atoms with Gasteiger partial charge in [-0.1, -0.05) is 17.7 Å². The van der Waals surface area contributed by atoms with Gasteiger partial charge in [0.1, 0.15) is 0 Å². The van der Waals surface area contributed by atoms with Gasteiger partial charge in [0, 0.05) is 11.3 Å². The van der Waals surface area contributed by atoms with Gasteiger partial charge in [0.15, 0.2) is 0 Å². The van der Waals surface area contributed by atoms with Gasteiger partial charge >= 0.3 is 0 Å². The molecule has 2 aromatic carbocycles. The maximum absolute atomic E-state index is 11.9. The maximum Gasteiger partial charge on any atom is 0.251 e. The lowest BCUT2D eigenvalue weighted by atomic mass is 10.1. The van der Waals surface area contributed by atoms with Crippen molar-refractivity contribution in [2.24, 2.45) is 0 Å². The zero-order valence-corrected chi connectivity index (χ0v) is 12.1. The van der Waals surface area contributed by atoms with E-state index >= 15 is 0 Å². The predicted molar refractivity (Wildman–Crippen MR) is 83.3 cm³/mol. The molecule has 5 heteroatoms. The summed E-state index contributed by atoms with van der Waals surface area (Å²) in [6.45, 7) is 1.82. The molecule has 0 spiro atoms. The zero-order chi connectivity index (χ0) is 15.9. The highest BCUT2D eigenvalue weighted by atomic mass is 16.2. The number of anilines is 1. The SMILES string of the molecule is Cc1ccc(C(=O)NCC(=O)Nc2ccc(C#N)cc2)cc1. The number of benzene rings is 2. The number of aryl methyl sites for hydroxylation is 1. The Morgan fingerprint density at radius 1 is 1.05 bits per heavy atom. The summed E-state index contributed by atoms with van der Waals surface area (Å²) in [6.07, 6.45) is 0. The Morgan fingerprint density at radius 2 is 1.68 bits per heavy atom. The monoisotopic (exact) mass is 293 g/mol. The molecule has 0 saturated heterocycles. The van der Waals surface area contributed by atoms with Gasteiger partial charge in [0.05, 0.1) is 18.2 Å². The summed E-state index contributed by atoms with van der Waals surface area (Å²) in [7, 11) is 0. The standard InChI is InChI=1S/C17H15N3O2/c1-12-2-6-14(7-3-12)17(22)19-11-16(21)20-15-8-4-13(10-18)5-9-15/h2-9H,11H2,1H3,(H,19,22)(H,20,21). The molecule has 0 atom stereocenters. The van der Waals surface area contributed by atoms with Crippen LogP contribution in [0.2, 0.25) is 0 Å². The first-order chi connectivity index (χ1) is 10.6. The van der Waals surface area contributed by atoms with E-state index in [-0.39, 0.29) is 18.4 Å². The summed E-state index contributed by atoms with van der Waals surface area (Å²) in [5.74, 6) is -0.625. The summed E-state index contributed by atoms with van der Waals surface area (Å²) >= 11 is 0. The highest BCUT2D eigenvalue weighted by Gasteiger charge is 2.08. The molecule has 110 valence electrons. The van der Waals surface area contributed by atoms with E-state index in [4.69, 9.17) is 5.26 Å². The van der Waals surface area contributed by atoms with Gasteiger partial charge < -0.3 is 10.6 Å². The van der Waals surface area contributed by atoms with E-state index in [1.807, 2.05) is 25.1 Å². The Bertz CT molecular complexity index is 713. The molecule has 0 unspecified atom stereocenters. The fourth-order valence-corrected chi connectivity index (χ4v) is 1.80. The first-order valence-electron chi connectivity index (χ1n) is 6.73. The second kappa shape index (κ2) is 7.04. The largest absolute Gasteiger partial charge is 0.343 e. The number of nitrogens with one attached hydrogen (secondary N) is 2. The fraction of sp³-hybridized carbons (Fsp3) is 0.118. The van der Waals surface area contributed by atoms with Crippen LogP contribution in [-0.4, -0.2) is 18.4 Å². The van der Waals surface area contributed by atoms with Crippen molar-refractivity contribution in [2.75, 3.05) is 11.9 Å². The molecule has 0 aliphatic heterocycles. The van der Waals surface area contributed by atoms with E-state index in [1.165, 1.54) is 0 Å². The lowest BCUT2D eigenvalue weighted by molar-refractivity contribution is -0.115.